The van der Waals surface area contributed by atoms with Gasteiger partial charge in [0.2, 0.25) is 0 Å². The fourth-order valence-corrected chi connectivity index (χ4v) is 2.85. The first-order valence-electron chi connectivity index (χ1n) is 4.24. The average Bonchev–Trinajstić information content (AvgIpc) is 2.14. The van der Waals surface area contributed by atoms with Gasteiger partial charge in [-0.05, 0) is 18.2 Å². The Balaban J connectivity index is 3.05. The van der Waals surface area contributed by atoms with Gasteiger partial charge in [-0.1, -0.05) is 11.6 Å². The number of halogens is 1. The monoisotopic (exact) mass is 249 g/mol. The first-order chi connectivity index (χ1) is 6.97. The van der Waals surface area contributed by atoms with Crippen LogP contribution in [-0.4, -0.2) is 27.9 Å². The summed E-state index contributed by atoms with van der Waals surface area (Å²) in [5.74, 6) is -0.0901. The zero-order valence-electron chi connectivity index (χ0n) is 8.23. The van der Waals surface area contributed by atoms with Crippen LogP contribution in [0.25, 0.3) is 0 Å². The van der Waals surface area contributed by atoms with Crippen LogP contribution in [0.5, 0.6) is 0 Å². The summed E-state index contributed by atoms with van der Waals surface area (Å²) >= 11 is 5.79. The smallest absolute Gasteiger partial charge is 0.182 e. The topological polar surface area (TPSA) is 69.4 Å². The minimum absolute atomic E-state index is 0.0901. The van der Waals surface area contributed by atoms with Crippen molar-refractivity contribution in [2.75, 3.05) is 25.2 Å². The lowest BCUT2D eigenvalue weighted by Crippen LogP contribution is -2.12. The standard InChI is InChI=1S/C9H12ClNO3S/c1-14-4-5-15(12,13)9-3-2-7(11)6-8(9)10/h2-3,6H,4-5,11H2,1H3. The molecule has 4 nitrogen and oxygen atoms in total. The highest BCUT2D eigenvalue weighted by molar-refractivity contribution is 7.91. The van der Waals surface area contributed by atoms with Crippen LogP contribution in [0.15, 0.2) is 23.1 Å². The maximum atomic E-state index is 11.7. The molecule has 0 aliphatic heterocycles. The second-order valence-electron chi connectivity index (χ2n) is 3.00. The molecule has 0 amide bonds. The molecule has 0 atom stereocenters. The van der Waals surface area contributed by atoms with Crippen LogP contribution in [0.3, 0.4) is 0 Å². The number of sulfone groups is 1. The molecule has 1 aromatic carbocycles. The lowest BCUT2D eigenvalue weighted by molar-refractivity contribution is 0.217. The van der Waals surface area contributed by atoms with Crippen molar-refractivity contribution in [2.24, 2.45) is 0 Å². The Bertz CT molecular complexity index is 445. The van der Waals surface area contributed by atoms with Crippen molar-refractivity contribution in [1.29, 1.82) is 0 Å². The molecule has 0 fully saturated rings. The third kappa shape index (κ3) is 3.09. The van der Waals surface area contributed by atoms with Gasteiger partial charge in [-0.2, -0.15) is 0 Å². The molecule has 0 aliphatic carbocycles. The fraction of sp³-hybridized carbons (Fsp3) is 0.333. The highest BCUT2D eigenvalue weighted by atomic mass is 35.5. The largest absolute Gasteiger partial charge is 0.399 e. The predicted octanol–water partition coefficient (Wildman–Crippen LogP) is 1.34. The normalized spacial score (nSPS) is 11.6. The molecule has 2 N–H and O–H groups in total. The summed E-state index contributed by atoms with van der Waals surface area (Å²) < 4.78 is 28.2. The van der Waals surface area contributed by atoms with E-state index in [1.165, 1.54) is 25.3 Å². The number of hydrogen-bond donors (Lipinski definition) is 1. The summed E-state index contributed by atoms with van der Waals surface area (Å²) in [4.78, 5) is 0.0930. The van der Waals surface area contributed by atoms with Gasteiger partial charge < -0.3 is 10.5 Å². The summed E-state index contributed by atoms with van der Waals surface area (Å²) in [6.45, 7) is 0.142. The average molecular weight is 250 g/mol. The van der Waals surface area contributed by atoms with Crippen LogP contribution in [-0.2, 0) is 14.6 Å². The molecule has 0 saturated carbocycles. The maximum absolute atomic E-state index is 11.7. The van der Waals surface area contributed by atoms with Crippen molar-refractivity contribution < 1.29 is 13.2 Å². The number of hydrogen-bond acceptors (Lipinski definition) is 4. The number of ether oxygens (including phenoxy) is 1. The Morgan fingerprint density at radius 2 is 2.13 bits per heavy atom. The van der Waals surface area contributed by atoms with E-state index < -0.39 is 9.84 Å². The third-order valence-electron chi connectivity index (χ3n) is 1.85. The number of anilines is 1. The maximum Gasteiger partial charge on any atom is 0.182 e. The lowest BCUT2D eigenvalue weighted by atomic mass is 10.3. The van der Waals surface area contributed by atoms with Crippen LogP contribution in [0.1, 0.15) is 0 Å². The summed E-state index contributed by atoms with van der Waals surface area (Å²) in [6.07, 6.45) is 0. The van der Waals surface area contributed by atoms with Gasteiger partial charge in [0.25, 0.3) is 0 Å². The van der Waals surface area contributed by atoms with E-state index in [0.29, 0.717) is 5.69 Å². The molecule has 0 heterocycles. The van der Waals surface area contributed by atoms with Gasteiger partial charge in [0.05, 0.1) is 22.3 Å². The van der Waals surface area contributed by atoms with E-state index in [1.54, 1.807) is 0 Å². The van der Waals surface area contributed by atoms with E-state index in [0.717, 1.165) is 0 Å². The first kappa shape index (κ1) is 12.3. The summed E-state index contributed by atoms with van der Waals surface area (Å²) in [5.41, 5.74) is 5.90. The van der Waals surface area contributed by atoms with E-state index in [-0.39, 0.29) is 22.3 Å². The van der Waals surface area contributed by atoms with Crippen molar-refractivity contribution in [3.63, 3.8) is 0 Å². The van der Waals surface area contributed by atoms with Crippen molar-refractivity contribution in [3.05, 3.63) is 23.2 Å². The minimum atomic E-state index is -3.38. The Labute approximate surface area is 93.9 Å². The third-order valence-corrected chi connectivity index (χ3v) is 4.00. The molecular formula is C9H12ClNO3S. The summed E-state index contributed by atoms with van der Waals surface area (Å²) in [6, 6.07) is 4.33. The van der Waals surface area contributed by atoms with E-state index in [2.05, 4.69) is 0 Å². The second-order valence-corrected chi connectivity index (χ2v) is 5.49. The van der Waals surface area contributed by atoms with E-state index in [4.69, 9.17) is 22.1 Å². The molecule has 0 aliphatic rings. The predicted molar refractivity (Wildman–Crippen MR) is 59.8 cm³/mol. The van der Waals surface area contributed by atoms with Crippen molar-refractivity contribution >= 4 is 27.1 Å². The van der Waals surface area contributed by atoms with Gasteiger partial charge in [0.15, 0.2) is 9.84 Å². The van der Waals surface area contributed by atoms with Gasteiger partial charge in [0, 0.05) is 12.8 Å². The molecule has 15 heavy (non-hydrogen) atoms. The molecule has 1 aromatic rings. The molecule has 84 valence electrons. The van der Waals surface area contributed by atoms with Crippen LogP contribution in [0.2, 0.25) is 5.02 Å². The highest BCUT2D eigenvalue weighted by Gasteiger charge is 2.17. The van der Waals surface area contributed by atoms with Gasteiger partial charge in [-0.15, -0.1) is 0 Å². The number of nitrogen functional groups attached to an aromatic ring is 1. The SMILES string of the molecule is COCCS(=O)(=O)c1ccc(N)cc1Cl. The van der Waals surface area contributed by atoms with Gasteiger partial charge in [0.1, 0.15) is 0 Å². The van der Waals surface area contributed by atoms with Gasteiger partial charge in [-0.3, -0.25) is 0 Å². The van der Waals surface area contributed by atoms with Crippen molar-refractivity contribution in [2.45, 2.75) is 4.90 Å². The first-order valence-corrected chi connectivity index (χ1v) is 6.27. The number of benzene rings is 1. The molecule has 0 radical (unpaired) electrons. The van der Waals surface area contributed by atoms with Crippen LogP contribution in [0, 0.1) is 0 Å². The second kappa shape index (κ2) is 4.83. The van der Waals surface area contributed by atoms with Crippen molar-refractivity contribution in [3.8, 4) is 0 Å². The highest BCUT2D eigenvalue weighted by Crippen LogP contribution is 2.24. The Kier molecular flexibility index (Phi) is 3.96. The molecule has 0 saturated heterocycles. The fourth-order valence-electron chi connectivity index (χ4n) is 1.07. The Hall–Kier alpha value is -0.780. The van der Waals surface area contributed by atoms with Crippen LogP contribution >= 0.6 is 11.6 Å². The van der Waals surface area contributed by atoms with Crippen LogP contribution in [0.4, 0.5) is 5.69 Å². The zero-order chi connectivity index (χ0) is 11.5. The van der Waals surface area contributed by atoms with E-state index in [1.807, 2.05) is 0 Å². The number of nitrogens with two attached hydrogens (primary N) is 1. The zero-order valence-corrected chi connectivity index (χ0v) is 9.81. The van der Waals surface area contributed by atoms with E-state index in [9.17, 15) is 8.42 Å². The molecule has 0 aromatic heterocycles. The number of methoxy groups -OCH3 is 1. The minimum Gasteiger partial charge on any atom is -0.399 e. The lowest BCUT2D eigenvalue weighted by Gasteiger charge is -2.06. The van der Waals surface area contributed by atoms with Gasteiger partial charge in [-0.25, -0.2) is 8.42 Å². The Morgan fingerprint density at radius 1 is 1.47 bits per heavy atom. The van der Waals surface area contributed by atoms with Crippen molar-refractivity contribution in [1.82, 2.24) is 0 Å². The molecule has 0 bridgehead atoms. The molecule has 1 rings (SSSR count). The van der Waals surface area contributed by atoms with E-state index >= 15 is 0 Å². The molecule has 0 unspecified atom stereocenters. The Morgan fingerprint density at radius 3 is 2.67 bits per heavy atom. The van der Waals surface area contributed by atoms with Crippen LogP contribution < -0.4 is 5.73 Å². The molecular weight excluding hydrogens is 238 g/mol. The van der Waals surface area contributed by atoms with Gasteiger partial charge >= 0.3 is 0 Å². The molecule has 0 spiro atoms. The summed E-state index contributed by atoms with van der Waals surface area (Å²) in [7, 11) is -1.94. The number of rotatable bonds is 4. The summed E-state index contributed by atoms with van der Waals surface area (Å²) in [5, 5.41) is 0.145. The quantitative estimate of drug-likeness (QED) is 0.818. The molecule has 6 heteroatoms.